The van der Waals surface area contributed by atoms with Crippen LogP contribution in [0.5, 0.6) is 0 Å². The van der Waals surface area contributed by atoms with Crippen LogP contribution in [0.1, 0.15) is 35.6 Å². The zero-order valence-electron chi connectivity index (χ0n) is 16.0. The zero-order valence-corrected chi connectivity index (χ0v) is 16.8. The Kier molecular flexibility index (Phi) is 6.11. The minimum atomic E-state index is -0.0141. The molecule has 0 aromatic carbocycles. The van der Waals surface area contributed by atoms with Crippen molar-refractivity contribution in [3.8, 4) is 5.13 Å². The minimum Gasteiger partial charge on any atom is -0.379 e. The van der Waals surface area contributed by atoms with Gasteiger partial charge in [0.25, 0.3) is 5.91 Å². The maximum Gasteiger partial charge on any atom is 0.253 e. The first-order valence-electron chi connectivity index (χ1n) is 9.18. The van der Waals surface area contributed by atoms with Crippen LogP contribution < -0.4 is 5.32 Å². The Balaban J connectivity index is 1.70. The van der Waals surface area contributed by atoms with Crippen molar-refractivity contribution in [2.24, 2.45) is 5.92 Å². The summed E-state index contributed by atoms with van der Waals surface area (Å²) in [5.74, 6) is 0.455. The van der Waals surface area contributed by atoms with Crippen molar-refractivity contribution in [1.29, 1.82) is 0 Å². The second-order valence-electron chi connectivity index (χ2n) is 7.10. The van der Waals surface area contributed by atoms with Gasteiger partial charge in [-0.15, -0.1) is 11.3 Å². The lowest BCUT2D eigenvalue weighted by molar-refractivity contribution is 0.00672. The van der Waals surface area contributed by atoms with Gasteiger partial charge in [-0.3, -0.25) is 14.3 Å². The van der Waals surface area contributed by atoms with Gasteiger partial charge in [-0.1, -0.05) is 13.8 Å². The number of morpholine rings is 1. The van der Waals surface area contributed by atoms with E-state index in [4.69, 9.17) is 4.74 Å². The standard InChI is InChI=1S/C19H28N4O2S/c1-13(2)17(22-6-8-25-9-7-22)12-21-18(24)16-11-14(3)23(15(16)4)19-20-5-10-26-19/h5,10-11,13,17H,6-9,12H2,1-4H3,(H,21,24). The summed E-state index contributed by atoms with van der Waals surface area (Å²) >= 11 is 1.57. The van der Waals surface area contributed by atoms with E-state index in [1.165, 1.54) is 0 Å². The highest BCUT2D eigenvalue weighted by atomic mass is 32.1. The number of hydrogen-bond acceptors (Lipinski definition) is 5. The van der Waals surface area contributed by atoms with Gasteiger partial charge in [-0.05, 0) is 25.8 Å². The topological polar surface area (TPSA) is 59.4 Å². The summed E-state index contributed by atoms with van der Waals surface area (Å²) in [6.07, 6.45) is 1.79. The molecule has 0 radical (unpaired) electrons. The molecule has 7 heteroatoms. The highest BCUT2D eigenvalue weighted by molar-refractivity contribution is 7.12. The molecule has 0 aliphatic carbocycles. The third-order valence-corrected chi connectivity index (χ3v) is 5.80. The molecule has 0 saturated carbocycles. The second-order valence-corrected chi connectivity index (χ2v) is 7.98. The van der Waals surface area contributed by atoms with Crippen LogP contribution in [0.15, 0.2) is 17.6 Å². The molecule has 2 aromatic rings. The van der Waals surface area contributed by atoms with Crippen LogP contribution in [-0.2, 0) is 4.74 Å². The molecule has 1 atom stereocenters. The van der Waals surface area contributed by atoms with Gasteiger partial charge in [0.1, 0.15) is 0 Å². The molecule has 142 valence electrons. The van der Waals surface area contributed by atoms with Gasteiger partial charge in [-0.25, -0.2) is 4.98 Å². The molecule has 0 spiro atoms. The van der Waals surface area contributed by atoms with Crippen molar-refractivity contribution in [2.45, 2.75) is 33.7 Å². The molecule has 1 amide bonds. The van der Waals surface area contributed by atoms with Crippen LogP contribution >= 0.6 is 11.3 Å². The third kappa shape index (κ3) is 4.00. The van der Waals surface area contributed by atoms with Crippen LogP contribution in [0, 0.1) is 19.8 Å². The van der Waals surface area contributed by atoms with Gasteiger partial charge in [0, 0.05) is 48.6 Å². The summed E-state index contributed by atoms with van der Waals surface area (Å²) in [5.41, 5.74) is 2.68. The Bertz CT molecular complexity index is 733. The average molecular weight is 377 g/mol. The number of thiazole rings is 1. The first-order valence-corrected chi connectivity index (χ1v) is 10.1. The monoisotopic (exact) mass is 376 g/mol. The molecule has 1 unspecified atom stereocenters. The smallest absolute Gasteiger partial charge is 0.253 e. The minimum absolute atomic E-state index is 0.0141. The van der Waals surface area contributed by atoms with Crippen LogP contribution in [-0.4, -0.2) is 59.2 Å². The SMILES string of the molecule is Cc1cc(C(=O)NCC(C(C)C)N2CCOCC2)c(C)n1-c1nccs1. The zero-order chi connectivity index (χ0) is 18.7. The second kappa shape index (κ2) is 8.33. The molecule has 0 bridgehead atoms. The van der Waals surface area contributed by atoms with Crippen molar-refractivity contribution in [3.05, 3.63) is 34.6 Å². The predicted octanol–water partition coefficient (Wildman–Crippen LogP) is 2.64. The predicted molar refractivity (Wildman–Crippen MR) is 104 cm³/mol. The van der Waals surface area contributed by atoms with E-state index in [0.29, 0.717) is 18.5 Å². The number of amides is 1. The number of aromatic nitrogens is 2. The molecule has 1 aliphatic heterocycles. The van der Waals surface area contributed by atoms with Crippen molar-refractivity contribution >= 4 is 17.2 Å². The summed E-state index contributed by atoms with van der Waals surface area (Å²) in [5, 5.41) is 6.00. The van der Waals surface area contributed by atoms with Gasteiger partial charge < -0.3 is 10.1 Å². The Morgan fingerprint density at radius 2 is 2.08 bits per heavy atom. The molecule has 26 heavy (non-hydrogen) atoms. The number of ether oxygens (including phenoxy) is 1. The Labute approximate surface area is 159 Å². The van der Waals surface area contributed by atoms with E-state index in [0.717, 1.165) is 48.4 Å². The lowest BCUT2D eigenvalue weighted by Crippen LogP contribution is -2.51. The maximum atomic E-state index is 12.8. The van der Waals surface area contributed by atoms with E-state index in [2.05, 4.69) is 29.0 Å². The fourth-order valence-corrected chi connectivity index (χ4v) is 4.35. The molecular weight excluding hydrogens is 348 g/mol. The van der Waals surface area contributed by atoms with E-state index in [9.17, 15) is 4.79 Å². The summed E-state index contributed by atoms with van der Waals surface area (Å²) in [4.78, 5) is 19.6. The van der Waals surface area contributed by atoms with Gasteiger partial charge >= 0.3 is 0 Å². The normalized spacial score (nSPS) is 16.8. The number of aryl methyl sites for hydroxylation is 1. The fourth-order valence-electron chi connectivity index (χ4n) is 3.60. The summed E-state index contributed by atoms with van der Waals surface area (Å²) in [7, 11) is 0. The van der Waals surface area contributed by atoms with Crippen LogP contribution in [0.3, 0.4) is 0 Å². The average Bonchev–Trinajstić information content (AvgIpc) is 3.23. The molecule has 1 N–H and O–H groups in total. The number of carbonyl (C=O) groups excluding carboxylic acids is 1. The number of carbonyl (C=O) groups is 1. The van der Waals surface area contributed by atoms with Crippen molar-refractivity contribution in [2.75, 3.05) is 32.8 Å². The Hall–Kier alpha value is -1.70. The molecule has 1 saturated heterocycles. The number of hydrogen-bond donors (Lipinski definition) is 1. The fraction of sp³-hybridized carbons (Fsp3) is 0.579. The number of rotatable bonds is 6. The van der Waals surface area contributed by atoms with Crippen LogP contribution in [0.25, 0.3) is 5.13 Å². The largest absolute Gasteiger partial charge is 0.379 e. The molecule has 1 fully saturated rings. The first-order chi connectivity index (χ1) is 12.5. The lowest BCUT2D eigenvalue weighted by Gasteiger charge is -2.36. The quantitative estimate of drug-likeness (QED) is 0.842. The number of nitrogens with one attached hydrogen (secondary N) is 1. The van der Waals surface area contributed by atoms with Gasteiger partial charge in [-0.2, -0.15) is 0 Å². The molecule has 2 aromatic heterocycles. The van der Waals surface area contributed by atoms with Crippen LogP contribution in [0.2, 0.25) is 0 Å². The summed E-state index contributed by atoms with van der Waals surface area (Å²) in [6.45, 7) is 12.5. The molecule has 1 aliphatic rings. The van der Waals surface area contributed by atoms with Crippen molar-refractivity contribution in [1.82, 2.24) is 19.8 Å². The van der Waals surface area contributed by atoms with Gasteiger partial charge in [0.05, 0.1) is 18.8 Å². The van der Waals surface area contributed by atoms with E-state index < -0.39 is 0 Å². The van der Waals surface area contributed by atoms with Crippen molar-refractivity contribution in [3.63, 3.8) is 0 Å². The molecule has 3 heterocycles. The third-order valence-electron chi connectivity index (χ3n) is 5.04. The van der Waals surface area contributed by atoms with Gasteiger partial charge in [0.2, 0.25) is 0 Å². The summed E-state index contributed by atoms with van der Waals surface area (Å²) < 4.78 is 7.50. The van der Waals surface area contributed by atoms with Crippen molar-refractivity contribution < 1.29 is 9.53 Å². The maximum absolute atomic E-state index is 12.8. The highest BCUT2D eigenvalue weighted by Crippen LogP contribution is 2.22. The summed E-state index contributed by atoms with van der Waals surface area (Å²) in [6, 6.07) is 2.27. The molecular formula is C19H28N4O2S. The van der Waals surface area contributed by atoms with E-state index >= 15 is 0 Å². The Morgan fingerprint density at radius 1 is 1.35 bits per heavy atom. The van der Waals surface area contributed by atoms with Crippen LogP contribution in [0.4, 0.5) is 0 Å². The highest BCUT2D eigenvalue weighted by Gasteiger charge is 2.25. The van der Waals surface area contributed by atoms with E-state index in [1.807, 2.05) is 29.9 Å². The molecule has 3 rings (SSSR count). The first kappa shape index (κ1) is 19.1. The van der Waals surface area contributed by atoms with E-state index in [1.54, 1.807) is 17.5 Å². The number of nitrogens with zero attached hydrogens (tertiary/aromatic N) is 3. The Morgan fingerprint density at radius 3 is 2.69 bits per heavy atom. The van der Waals surface area contributed by atoms with Gasteiger partial charge in [0.15, 0.2) is 5.13 Å². The molecule has 6 nitrogen and oxygen atoms in total. The lowest BCUT2D eigenvalue weighted by atomic mass is 10.0. The van der Waals surface area contributed by atoms with E-state index in [-0.39, 0.29) is 5.91 Å².